The topological polar surface area (TPSA) is 37.6 Å². The van der Waals surface area contributed by atoms with Gasteiger partial charge in [-0.3, -0.25) is 9.20 Å². The van der Waals surface area contributed by atoms with E-state index in [1.165, 1.54) is 4.40 Å². The quantitative estimate of drug-likeness (QED) is 0.830. The molecule has 124 valence electrons. The van der Waals surface area contributed by atoms with Crippen LogP contribution in [0.5, 0.6) is 0 Å². The molecule has 3 rings (SSSR count). The Labute approximate surface area is 135 Å². The molecule has 1 aliphatic heterocycles. The summed E-state index contributed by atoms with van der Waals surface area (Å²) < 4.78 is 40.3. The van der Waals surface area contributed by atoms with Gasteiger partial charge in [-0.15, -0.1) is 0 Å². The Balaban J connectivity index is 2.21. The van der Waals surface area contributed by atoms with Gasteiger partial charge in [-0.05, 0) is 25.3 Å². The van der Waals surface area contributed by atoms with E-state index in [4.69, 9.17) is 11.6 Å². The van der Waals surface area contributed by atoms with Crippen molar-refractivity contribution in [3.63, 3.8) is 0 Å². The lowest BCUT2D eigenvalue weighted by atomic mass is 10.2. The van der Waals surface area contributed by atoms with Gasteiger partial charge in [0.2, 0.25) is 0 Å². The summed E-state index contributed by atoms with van der Waals surface area (Å²) in [5, 5.41) is -0.116. The zero-order chi connectivity index (χ0) is 16.8. The number of rotatable bonds is 2. The Bertz CT molecular complexity index is 763. The lowest BCUT2D eigenvalue weighted by Crippen LogP contribution is -2.29. The van der Waals surface area contributed by atoms with Crippen molar-refractivity contribution < 1.29 is 18.0 Å². The molecule has 0 bridgehead atoms. The van der Waals surface area contributed by atoms with Crippen LogP contribution in [0.1, 0.15) is 41.5 Å². The van der Waals surface area contributed by atoms with E-state index in [-0.39, 0.29) is 22.3 Å². The SMILES string of the molecule is CCc1nc2c(Cl)cc(C(F)(F)F)cn2c1C(=O)N1CCCC1. The minimum absolute atomic E-state index is 0.116. The van der Waals surface area contributed by atoms with E-state index in [1.54, 1.807) is 11.8 Å². The fourth-order valence-electron chi connectivity index (χ4n) is 2.85. The van der Waals surface area contributed by atoms with E-state index in [1.807, 2.05) is 0 Å². The Kier molecular flexibility index (Phi) is 4.00. The van der Waals surface area contributed by atoms with Crippen molar-refractivity contribution in [2.45, 2.75) is 32.4 Å². The molecule has 0 atom stereocenters. The highest BCUT2D eigenvalue weighted by atomic mass is 35.5. The molecular formula is C15H15ClF3N3O. The largest absolute Gasteiger partial charge is 0.417 e. The lowest BCUT2D eigenvalue weighted by Gasteiger charge is -2.16. The molecule has 1 aliphatic rings. The first kappa shape index (κ1) is 16.1. The van der Waals surface area contributed by atoms with Crippen molar-refractivity contribution in [3.8, 4) is 0 Å². The average Bonchev–Trinajstić information content (AvgIpc) is 3.13. The van der Waals surface area contributed by atoms with E-state index in [0.29, 0.717) is 25.2 Å². The summed E-state index contributed by atoms with van der Waals surface area (Å²) in [6.07, 6.45) is -1.40. The number of fused-ring (bicyclic) bond motifs is 1. The summed E-state index contributed by atoms with van der Waals surface area (Å²) in [6.45, 7) is 3.03. The van der Waals surface area contributed by atoms with Crippen molar-refractivity contribution >= 4 is 23.2 Å². The third kappa shape index (κ3) is 2.78. The molecule has 1 fully saturated rings. The summed E-state index contributed by atoms with van der Waals surface area (Å²) in [5.74, 6) is -0.290. The van der Waals surface area contributed by atoms with Gasteiger partial charge in [0.05, 0.1) is 16.3 Å². The first-order chi connectivity index (χ1) is 10.8. The van der Waals surface area contributed by atoms with Crippen LogP contribution in [0, 0.1) is 0 Å². The first-order valence-corrected chi connectivity index (χ1v) is 7.77. The second kappa shape index (κ2) is 5.70. The number of aryl methyl sites for hydroxylation is 1. The van der Waals surface area contributed by atoms with E-state index < -0.39 is 11.7 Å². The van der Waals surface area contributed by atoms with Crippen molar-refractivity contribution in [1.82, 2.24) is 14.3 Å². The number of pyridine rings is 1. The summed E-state index contributed by atoms with van der Waals surface area (Å²) in [6, 6.07) is 0.841. The molecule has 0 unspecified atom stereocenters. The van der Waals surface area contributed by atoms with Gasteiger partial charge in [0, 0.05) is 19.3 Å². The molecule has 0 saturated carbocycles. The highest BCUT2D eigenvalue weighted by Crippen LogP contribution is 2.33. The Morgan fingerprint density at radius 1 is 1.35 bits per heavy atom. The van der Waals surface area contributed by atoms with Crippen LogP contribution in [0.25, 0.3) is 5.65 Å². The van der Waals surface area contributed by atoms with E-state index in [2.05, 4.69) is 4.98 Å². The molecule has 23 heavy (non-hydrogen) atoms. The minimum atomic E-state index is -4.54. The summed E-state index contributed by atoms with van der Waals surface area (Å²) in [4.78, 5) is 18.6. The molecular weight excluding hydrogens is 331 g/mol. The monoisotopic (exact) mass is 345 g/mol. The summed E-state index contributed by atoms with van der Waals surface area (Å²) in [7, 11) is 0. The van der Waals surface area contributed by atoms with Gasteiger partial charge >= 0.3 is 6.18 Å². The highest BCUT2D eigenvalue weighted by Gasteiger charge is 2.33. The maximum absolute atomic E-state index is 13.0. The molecule has 0 aromatic carbocycles. The van der Waals surface area contributed by atoms with Gasteiger partial charge in [0.15, 0.2) is 5.65 Å². The number of nitrogens with zero attached hydrogens (tertiary/aromatic N) is 3. The van der Waals surface area contributed by atoms with Gasteiger partial charge in [-0.25, -0.2) is 4.98 Å². The van der Waals surface area contributed by atoms with Gasteiger partial charge in [0.25, 0.3) is 5.91 Å². The molecule has 4 nitrogen and oxygen atoms in total. The lowest BCUT2D eigenvalue weighted by molar-refractivity contribution is -0.137. The van der Waals surface area contributed by atoms with Gasteiger partial charge in [-0.1, -0.05) is 18.5 Å². The molecule has 0 N–H and O–H groups in total. The number of carbonyl (C=O) groups is 1. The zero-order valence-electron chi connectivity index (χ0n) is 12.5. The van der Waals surface area contributed by atoms with Crippen LogP contribution in [-0.4, -0.2) is 33.3 Å². The third-order valence-electron chi connectivity index (χ3n) is 4.01. The molecule has 2 aromatic rings. The Morgan fingerprint density at radius 2 is 2.00 bits per heavy atom. The van der Waals surface area contributed by atoms with Crippen LogP contribution in [-0.2, 0) is 12.6 Å². The van der Waals surface area contributed by atoms with E-state index in [0.717, 1.165) is 25.1 Å². The van der Waals surface area contributed by atoms with Crippen LogP contribution in [0.4, 0.5) is 13.2 Å². The molecule has 0 spiro atoms. The number of hydrogen-bond donors (Lipinski definition) is 0. The smallest absolute Gasteiger partial charge is 0.337 e. The number of amides is 1. The second-order valence-corrected chi connectivity index (χ2v) is 5.94. The first-order valence-electron chi connectivity index (χ1n) is 7.40. The normalized spacial score (nSPS) is 15.6. The standard InChI is InChI=1S/C15H15ClF3N3O/c1-2-11-12(14(23)21-5-3-4-6-21)22-8-9(15(17,18)19)7-10(16)13(22)20-11/h7-8H,2-6H2,1H3. The van der Waals surface area contributed by atoms with Gasteiger partial charge < -0.3 is 4.90 Å². The predicted octanol–water partition coefficient (Wildman–Crippen LogP) is 3.80. The number of likely N-dealkylation sites (tertiary alicyclic amines) is 1. The fourth-order valence-corrected chi connectivity index (χ4v) is 3.10. The zero-order valence-corrected chi connectivity index (χ0v) is 13.2. The van der Waals surface area contributed by atoms with Crippen molar-refractivity contribution in [2.75, 3.05) is 13.1 Å². The molecule has 2 aromatic heterocycles. The Morgan fingerprint density at radius 3 is 2.57 bits per heavy atom. The van der Waals surface area contributed by atoms with Crippen molar-refractivity contribution in [2.24, 2.45) is 0 Å². The molecule has 3 heterocycles. The molecule has 8 heteroatoms. The number of aromatic nitrogens is 2. The number of imidazole rings is 1. The van der Waals surface area contributed by atoms with Crippen LogP contribution < -0.4 is 0 Å². The maximum Gasteiger partial charge on any atom is 0.417 e. The highest BCUT2D eigenvalue weighted by molar-refractivity contribution is 6.33. The number of hydrogen-bond acceptors (Lipinski definition) is 2. The molecule has 1 saturated heterocycles. The molecule has 0 aliphatic carbocycles. The summed E-state index contributed by atoms with van der Waals surface area (Å²) in [5.41, 5.74) is -0.0786. The van der Waals surface area contributed by atoms with Crippen molar-refractivity contribution in [1.29, 1.82) is 0 Å². The average molecular weight is 346 g/mol. The van der Waals surface area contributed by atoms with Gasteiger partial charge in [0.1, 0.15) is 5.69 Å². The number of carbonyl (C=O) groups excluding carboxylic acids is 1. The van der Waals surface area contributed by atoms with Crippen LogP contribution in [0.2, 0.25) is 5.02 Å². The third-order valence-corrected chi connectivity index (χ3v) is 4.28. The molecule has 0 radical (unpaired) electrons. The van der Waals surface area contributed by atoms with Crippen LogP contribution >= 0.6 is 11.6 Å². The fraction of sp³-hybridized carbons (Fsp3) is 0.467. The summed E-state index contributed by atoms with van der Waals surface area (Å²) >= 11 is 5.97. The minimum Gasteiger partial charge on any atom is -0.337 e. The van der Waals surface area contributed by atoms with Crippen LogP contribution in [0.15, 0.2) is 12.3 Å². The van der Waals surface area contributed by atoms with E-state index >= 15 is 0 Å². The van der Waals surface area contributed by atoms with Crippen molar-refractivity contribution in [3.05, 3.63) is 34.2 Å². The second-order valence-electron chi connectivity index (χ2n) is 5.53. The molecule has 1 amide bonds. The maximum atomic E-state index is 13.0. The predicted molar refractivity (Wildman–Crippen MR) is 79.7 cm³/mol. The number of halogens is 4. The van der Waals surface area contributed by atoms with E-state index in [9.17, 15) is 18.0 Å². The number of alkyl halides is 3. The van der Waals surface area contributed by atoms with Crippen LogP contribution in [0.3, 0.4) is 0 Å². The van der Waals surface area contributed by atoms with Gasteiger partial charge in [-0.2, -0.15) is 13.2 Å². The Hall–Kier alpha value is -1.76.